The summed E-state index contributed by atoms with van der Waals surface area (Å²) in [6, 6.07) is 1.43. The number of nitrogen functional groups attached to an aromatic ring is 1. The van der Waals surface area contributed by atoms with Crippen LogP contribution in [-0.4, -0.2) is 40.2 Å². The fraction of sp³-hybridized carbons (Fsp3) is 0.600. The highest BCUT2D eigenvalue weighted by Gasteiger charge is 2.49. The molecule has 0 bridgehead atoms. The van der Waals surface area contributed by atoms with Gasteiger partial charge >= 0.3 is 5.69 Å². The average molecular weight is 282 g/mol. The number of aliphatic hydroxyl groups excluding tert-OH is 1. The molecule has 0 unspecified atom stereocenters. The average Bonchev–Trinajstić information content (AvgIpc) is 2.67. The molecular weight excluding hydrogens is 268 g/mol. The van der Waals surface area contributed by atoms with E-state index in [1.165, 1.54) is 23.9 Å². The Morgan fingerprint density at radius 3 is 3.20 bits per heavy atom. The molecule has 10 nitrogen and oxygen atoms in total. The Balaban J connectivity index is 2.33. The molecule has 0 saturated carbocycles. The van der Waals surface area contributed by atoms with Crippen LogP contribution in [0.2, 0.25) is 0 Å². The van der Waals surface area contributed by atoms with Crippen LogP contribution in [0.1, 0.15) is 12.6 Å². The molecule has 108 valence electrons. The number of hydrogen-bond acceptors (Lipinski definition) is 7. The van der Waals surface area contributed by atoms with E-state index < -0.39 is 23.7 Å². The van der Waals surface area contributed by atoms with E-state index in [1.807, 2.05) is 0 Å². The lowest BCUT2D eigenvalue weighted by molar-refractivity contribution is -0.130. The Bertz CT molecular complexity index is 598. The van der Waals surface area contributed by atoms with Gasteiger partial charge in [-0.25, -0.2) is 4.79 Å². The molecule has 20 heavy (non-hydrogen) atoms. The van der Waals surface area contributed by atoms with Gasteiger partial charge in [-0.2, -0.15) is 4.98 Å². The standard InChI is InChI=1S/C10H14N6O4/c1-19-5-10(14-15-12)6(17)4-8(20-10)16-3-2-7(11)13-9(16)18/h2-3,6,8,17H,4-5H2,1H3,(H2,11,13,18)/t6-,8+,10+/m0/s1. The summed E-state index contributed by atoms with van der Waals surface area (Å²) in [5.74, 6) is 0.0861. The highest BCUT2D eigenvalue weighted by molar-refractivity contribution is 5.23. The molecule has 1 aliphatic heterocycles. The van der Waals surface area contributed by atoms with Gasteiger partial charge in [0.05, 0.1) is 12.7 Å². The van der Waals surface area contributed by atoms with Crippen molar-refractivity contribution in [2.75, 3.05) is 19.5 Å². The molecule has 0 spiro atoms. The SMILES string of the molecule is COC[C@@]1(N=[N+]=[N-])O[C@@H](n2ccc(N)nc2=O)C[C@@H]1O. The molecule has 0 aromatic carbocycles. The number of nitrogens with two attached hydrogens (primary N) is 1. The van der Waals surface area contributed by atoms with Gasteiger partial charge in [0.25, 0.3) is 0 Å². The highest BCUT2D eigenvalue weighted by atomic mass is 16.6. The second-order valence-corrected chi connectivity index (χ2v) is 4.33. The smallest absolute Gasteiger partial charge is 0.351 e. The maximum Gasteiger partial charge on any atom is 0.351 e. The number of methoxy groups -OCH3 is 1. The van der Waals surface area contributed by atoms with Crippen molar-refractivity contribution in [1.29, 1.82) is 0 Å². The van der Waals surface area contributed by atoms with Crippen molar-refractivity contribution in [2.24, 2.45) is 5.11 Å². The molecule has 3 N–H and O–H groups in total. The molecule has 0 radical (unpaired) electrons. The number of aliphatic hydroxyl groups is 1. The number of hydrogen-bond donors (Lipinski definition) is 2. The molecule has 1 fully saturated rings. The zero-order valence-corrected chi connectivity index (χ0v) is 10.7. The first-order chi connectivity index (χ1) is 9.52. The van der Waals surface area contributed by atoms with Crippen molar-refractivity contribution in [2.45, 2.75) is 24.5 Å². The molecule has 10 heteroatoms. The van der Waals surface area contributed by atoms with Gasteiger partial charge in [-0.15, -0.1) is 0 Å². The molecule has 2 rings (SSSR count). The summed E-state index contributed by atoms with van der Waals surface area (Å²) in [5, 5.41) is 13.5. The van der Waals surface area contributed by atoms with Crippen molar-refractivity contribution in [3.63, 3.8) is 0 Å². The fourth-order valence-corrected chi connectivity index (χ4v) is 2.08. The summed E-state index contributed by atoms with van der Waals surface area (Å²) in [7, 11) is 1.38. The van der Waals surface area contributed by atoms with E-state index in [1.54, 1.807) is 0 Å². The second-order valence-electron chi connectivity index (χ2n) is 4.33. The van der Waals surface area contributed by atoms with E-state index in [2.05, 4.69) is 15.0 Å². The number of azide groups is 1. The summed E-state index contributed by atoms with van der Waals surface area (Å²) in [6.07, 6.45) is -0.450. The van der Waals surface area contributed by atoms with Gasteiger partial charge in [0.1, 0.15) is 12.0 Å². The van der Waals surface area contributed by atoms with Crippen molar-refractivity contribution < 1.29 is 14.6 Å². The lowest BCUT2D eigenvalue weighted by Crippen LogP contribution is -2.41. The Morgan fingerprint density at radius 2 is 2.60 bits per heavy atom. The molecule has 0 aliphatic carbocycles. The number of nitrogens with zero attached hydrogens (tertiary/aromatic N) is 5. The summed E-state index contributed by atoms with van der Waals surface area (Å²) >= 11 is 0. The third-order valence-corrected chi connectivity index (χ3v) is 3.01. The Kier molecular flexibility index (Phi) is 3.91. The number of rotatable bonds is 4. The van der Waals surface area contributed by atoms with Crippen LogP contribution in [0.25, 0.3) is 10.4 Å². The van der Waals surface area contributed by atoms with Crippen LogP contribution in [0.4, 0.5) is 5.82 Å². The van der Waals surface area contributed by atoms with Gasteiger partial charge < -0.3 is 20.3 Å². The van der Waals surface area contributed by atoms with Gasteiger partial charge in [-0.3, -0.25) is 4.57 Å². The van der Waals surface area contributed by atoms with E-state index in [0.717, 1.165) is 0 Å². The third-order valence-electron chi connectivity index (χ3n) is 3.01. The molecule has 1 aromatic heterocycles. The van der Waals surface area contributed by atoms with Crippen LogP contribution in [0.5, 0.6) is 0 Å². The van der Waals surface area contributed by atoms with E-state index >= 15 is 0 Å². The zero-order valence-electron chi connectivity index (χ0n) is 10.7. The van der Waals surface area contributed by atoms with E-state index in [-0.39, 0.29) is 18.8 Å². The van der Waals surface area contributed by atoms with Crippen molar-refractivity contribution in [1.82, 2.24) is 9.55 Å². The molecule has 1 aromatic rings. The molecule has 1 aliphatic rings. The van der Waals surface area contributed by atoms with Crippen LogP contribution in [-0.2, 0) is 9.47 Å². The van der Waals surface area contributed by atoms with Crippen LogP contribution in [0.15, 0.2) is 22.2 Å². The van der Waals surface area contributed by atoms with Crippen LogP contribution in [0, 0.1) is 0 Å². The summed E-state index contributed by atoms with van der Waals surface area (Å²) in [5.41, 5.74) is 11.8. The first-order valence-corrected chi connectivity index (χ1v) is 5.78. The fourth-order valence-electron chi connectivity index (χ4n) is 2.08. The molecule has 3 atom stereocenters. The molecule has 0 amide bonds. The van der Waals surface area contributed by atoms with Crippen LogP contribution < -0.4 is 11.4 Å². The quantitative estimate of drug-likeness (QED) is 0.442. The topological polar surface area (TPSA) is 148 Å². The maximum atomic E-state index is 11.7. The molecule has 1 saturated heterocycles. The maximum absolute atomic E-state index is 11.7. The van der Waals surface area contributed by atoms with Gasteiger partial charge in [0, 0.05) is 24.6 Å². The lowest BCUT2D eigenvalue weighted by atomic mass is 10.1. The highest BCUT2D eigenvalue weighted by Crippen LogP contribution is 2.37. The number of ether oxygens (including phenoxy) is 2. The summed E-state index contributed by atoms with van der Waals surface area (Å²) in [4.78, 5) is 18.0. The molecular formula is C10H14N6O4. The van der Waals surface area contributed by atoms with Gasteiger partial charge in [0.2, 0.25) is 0 Å². The Hall–Kier alpha value is -2.13. The van der Waals surface area contributed by atoms with Gasteiger partial charge in [-0.05, 0) is 11.6 Å². The third kappa shape index (κ3) is 2.45. The van der Waals surface area contributed by atoms with Crippen molar-refractivity contribution >= 4 is 5.82 Å². The lowest BCUT2D eigenvalue weighted by Gasteiger charge is -2.25. The van der Waals surface area contributed by atoms with E-state index in [0.29, 0.717) is 0 Å². The molecule has 2 heterocycles. The first kappa shape index (κ1) is 14.3. The van der Waals surface area contributed by atoms with Crippen LogP contribution in [0.3, 0.4) is 0 Å². The van der Waals surface area contributed by atoms with Crippen molar-refractivity contribution in [3.05, 3.63) is 33.2 Å². The minimum atomic E-state index is -1.56. The number of aromatic nitrogens is 2. The van der Waals surface area contributed by atoms with Gasteiger partial charge in [0.15, 0.2) is 5.72 Å². The van der Waals surface area contributed by atoms with Crippen molar-refractivity contribution in [3.8, 4) is 0 Å². The second kappa shape index (κ2) is 5.47. The predicted octanol–water partition coefficient (Wildman–Crippen LogP) is -0.242. The Labute approximate surface area is 113 Å². The number of anilines is 1. The Morgan fingerprint density at radius 1 is 1.85 bits per heavy atom. The van der Waals surface area contributed by atoms with Crippen LogP contribution >= 0.6 is 0 Å². The first-order valence-electron chi connectivity index (χ1n) is 5.78. The minimum Gasteiger partial charge on any atom is -0.390 e. The summed E-state index contributed by atoms with van der Waals surface area (Å²) in [6.45, 7) is -0.133. The minimum absolute atomic E-state index is 0.0634. The zero-order chi connectivity index (χ0) is 14.8. The van der Waals surface area contributed by atoms with E-state index in [9.17, 15) is 9.90 Å². The predicted molar refractivity (Wildman–Crippen MR) is 67.4 cm³/mol. The van der Waals surface area contributed by atoms with Gasteiger partial charge in [-0.1, -0.05) is 5.11 Å². The summed E-state index contributed by atoms with van der Waals surface area (Å²) < 4.78 is 11.6. The van der Waals surface area contributed by atoms with E-state index in [4.69, 9.17) is 20.7 Å². The largest absolute Gasteiger partial charge is 0.390 e. The normalized spacial score (nSPS) is 29.1. The monoisotopic (exact) mass is 282 g/mol.